The minimum Gasteiger partial charge on any atom is -0.455 e. The summed E-state index contributed by atoms with van der Waals surface area (Å²) in [5.74, 6) is 0. The van der Waals surface area contributed by atoms with E-state index in [1.165, 1.54) is 104 Å². The number of benzene rings is 10. The molecule has 0 amide bonds. The van der Waals surface area contributed by atoms with Gasteiger partial charge >= 0.3 is 0 Å². The van der Waals surface area contributed by atoms with Crippen molar-refractivity contribution in [2.75, 3.05) is 0 Å². The molecule has 0 unspecified atom stereocenters. The Morgan fingerprint density at radius 3 is 1.57 bits per heavy atom. The van der Waals surface area contributed by atoms with Gasteiger partial charge < -0.3 is 4.42 Å². The van der Waals surface area contributed by atoms with Crippen molar-refractivity contribution in [2.24, 2.45) is 0 Å². The third kappa shape index (κ3) is 4.26. The Bertz CT molecular complexity index is 3380. The number of hydrogen-bond acceptors (Lipinski definition) is 1. The maximum Gasteiger partial charge on any atom is 0.143 e. The van der Waals surface area contributed by atoms with Crippen LogP contribution in [0.25, 0.3) is 110 Å². The third-order valence-electron chi connectivity index (χ3n) is 12.6. The lowest BCUT2D eigenvalue weighted by molar-refractivity contribution is 0.621. The van der Waals surface area contributed by atoms with Crippen LogP contribution >= 0.6 is 0 Å². The predicted molar refractivity (Wildman–Crippen MR) is 238 cm³/mol. The molecule has 0 saturated carbocycles. The van der Waals surface area contributed by atoms with E-state index in [1.54, 1.807) is 0 Å². The molecule has 1 aliphatic rings. The second-order valence-electron chi connectivity index (χ2n) is 15.9. The molecule has 0 radical (unpaired) electrons. The summed E-state index contributed by atoms with van der Waals surface area (Å²) in [6.07, 6.45) is 0. The van der Waals surface area contributed by atoms with Crippen LogP contribution in [0, 0.1) is 0 Å². The van der Waals surface area contributed by atoms with E-state index in [0.29, 0.717) is 0 Å². The third-order valence-corrected chi connectivity index (χ3v) is 12.6. The van der Waals surface area contributed by atoms with Gasteiger partial charge in [0, 0.05) is 27.1 Å². The number of fused-ring (bicyclic) bond motifs is 12. The van der Waals surface area contributed by atoms with Gasteiger partial charge in [-0.15, -0.1) is 0 Å². The van der Waals surface area contributed by atoms with Crippen molar-refractivity contribution in [2.45, 2.75) is 19.3 Å². The molecule has 1 aromatic heterocycles. The van der Waals surface area contributed by atoms with Crippen LogP contribution in [0.3, 0.4) is 0 Å². The van der Waals surface area contributed by atoms with E-state index in [9.17, 15) is 0 Å². The fourth-order valence-electron chi connectivity index (χ4n) is 10.1. The SMILES string of the molecule is CC1(C)c2cc(-c3c4ccccc4c(-c4ccc(-c5ccccc5)c5ccccc45)c4ccccc34)ccc2-c2ccc3c(oc4c5ccccc5ccc34)c21. The first-order valence-corrected chi connectivity index (χ1v) is 19.6. The molecule has 12 rings (SSSR count). The van der Waals surface area contributed by atoms with Crippen molar-refractivity contribution in [1.29, 1.82) is 0 Å². The molecule has 0 atom stereocenters. The van der Waals surface area contributed by atoms with E-state index in [0.717, 1.165) is 16.6 Å². The second kappa shape index (κ2) is 11.5. The van der Waals surface area contributed by atoms with E-state index in [2.05, 4.69) is 196 Å². The number of rotatable bonds is 3. The average molecular weight is 713 g/mol. The number of hydrogen-bond donors (Lipinski definition) is 0. The second-order valence-corrected chi connectivity index (χ2v) is 15.9. The van der Waals surface area contributed by atoms with Gasteiger partial charge in [0.15, 0.2) is 0 Å². The van der Waals surface area contributed by atoms with Crippen LogP contribution in [0.15, 0.2) is 186 Å². The Balaban J connectivity index is 1.08. The Kier molecular flexibility index (Phi) is 6.46. The highest BCUT2D eigenvalue weighted by atomic mass is 16.3. The summed E-state index contributed by atoms with van der Waals surface area (Å²) in [6, 6.07) is 67.0. The Hall–Kier alpha value is -6.96. The fourth-order valence-corrected chi connectivity index (χ4v) is 10.1. The monoisotopic (exact) mass is 712 g/mol. The van der Waals surface area contributed by atoms with Gasteiger partial charge in [-0.05, 0) is 106 Å². The standard InChI is InChI=1S/C55H36O/c1-55(2)49-32-35(25-26-40(49)46-30-31-48-47-27-24-34-16-6-7-17-37(34)53(47)56-54(48)52(46)55)50-41-20-10-12-22-43(41)51(44-23-13-11-21-42(44)50)45-29-28-36(33-14-4-3-5-15-33)38-18-8-9-19-39(38)45/h3-32H,1-2H3. The maximum atomic E-state index is 6.92. The minimum atomic E-state index is -0.269. The molecule has 0 aliphatic heterocycles. The highest BCUT2D eigenvalue weighted by Crippen LogP contribution is 2.55. The zero-order chi connectivity index (χ0) is 37.1. The summed E-state index contributed by atoms with van der Waals surface area (Å²) < 4.78 is 6.92. The van der Waals surface area contributed by atoms with E-state index in [1.807, 2.05) is 0 Å². The molecule has 0 bridgehead atoms. The first kappa shape index (κ1) is 31.4. The smallest absolute Gasteiger partial charge is 0.143 e. The highest BCUT2D eigenvalue weighted by Gasteiger charge is 2.39. The van der Waals surface area contributed by atoms with Crippen molar-refractivity contribution >= 4 is 65.0 Å². The van der Waals surface area contributed by atoms with Crippen molar-refractivity contribution < 1.29 is 4.42 Å². The summed E-state index contributed by atoms with van der Waals surface area (Å²) in [5.41, 5.74) is 14.4. The summed E-state index contributed by atoms with van der Waals surface area (Å²) >= 11 is 0. The van der Waals surface area contributed by atoms with Gasteiger partial charge in [0.25, 0.3) is 0 Å². The zero-order valence-electron chi connectivity index (χ0n) is 31.2. The minimum absolute atomic E-state index is 0.269. The molecule has 1 heterocycles. The van der Waals surface area contributed by atoms with Crippen LogP contribution in [-0.2, 0) is 5.41 Å². The molecule has 0 spiro atoms. The fraction of sp³-hybridized carbons (Fsp3) is 0.0545. The maximum absolute atomic E-state index is 6.92. The molecule has 0 saturated heterocycles. The molecule has 0 N–H and O–H groups in total. The molecular weight excluding hydrogens is 677 g/mol. The molecule has 0 fully saturated rings. The predicted octanol–water partition coefficient (Wildman–Crippen LogP) is 15.5. The molecular formula is C55H36O. The van der Waals surface area contributed by atoms with E-state index in [4.69, 9.17) is 4.42 Å². The van der Waals surface area contributed by atoms with Gasteiger partial charge in [-0.3, -0.25) is 0 Å². The van der Waals surface area contributed by atoms with E-state index in [-0.39, 0.29) is 5.41 Å². The summed E-state index contributed by atoms with van der Waals surface area (Å²) in [4.78, 5) is 0. The van der Waals surface area contributed by atoms with Gasteiger partial charge in [0.2, 0.25) is 0 Å². The Labute approximate surface area is 325 Å². The van der Waals surface area contributed by atoms with Crippen molar-refractivity contribution in [1.82, 2.24) is 0 Å². The Morgan fingerprint density at radius 2 is 0.857 bits per heavy atom. The van der Waals surface area contributed by atoms with Crippen LogP contribution in [0.5, 0.6) is 0 Å². The highest BCUT2D eigenvalue weighted by molar-refractivity contribution is 6.24. The molecule has 1 nitrogen and oxygen atoms in total. The van der Waals surface area contributed by atoms with Crippen LogP contribution < -0.4 is 0 Å². The molecule has 262 valence electrons. The van der Waals surface area contributed by atoms with Crippen molar-refractivity contribution in [3.8, 4) is 44.5 Å². The van der Waals surface area contributed by atoms with Crippen LogP contribution in [-0.4, -0.2) is 0 Å². The molecule has 11 aromatic rings. The van der Waals surface area contributed by atoms with Crippen molar-refractivity contribution in [3.05, 3.63) is 193 Å². The van der Waals surface area contributed by atoms with E-state index >= 15 is 0 Å². The number of furan rings is 1. The first-order chi connectivity index (χ1) is 27.6. The van der Waals surface area contributed by atoms with Crippen LogP contribution in [0.1, 0.15) is 25.0 Å². The van der Waals surface area contributed by atoms with Crippen LogP contribution in [0.2, 0.25) is 0 Å². The van der Waals surface area contributed by atoms with Crippen LogP contribution in [0.4, 0.5) is 0 Å². The van der Waals surface area contributed by atoms with Gasteiger partial charge in [0.1, 0.15) is 11.2 Å². The molecule has 1 heteroatoms. The quantitative estimate of drug-likeness (QED) is 0.166. The normalized spacial score (nSPS) is 13.3. The largest absolute Gasteiger partial charge is 0.455 e. The van der Waals surface area contributed by atoms with E-state index < -0.39 is 0 Å². The summed E-state index contributed by atoms with van der Waals surface area (Å²) in [6.45, 7) is 4.74. The molecule has 56 heavy (non-hydrogen) atoms. The van der Waals surface area contributed by atoms with Gasteiger partial charge in [0.05, 0.1) is 0 Å². The Morgan fingerprint density at radius 1 is 0.339 bits per heavy atom. The first-order valence-electron chi connectivity index (χ1n) is 19.6. The van der Waals surface area contributed by atoms with Crippen molar-refractivity contribution in [3.63, 3.8) is 0 Å². The topological polar surface area (TPSA) is 13.1 Å². The molecule has 1 aliphatic carbocycles. The molecule has 10 aromatic carbocycles. The van der Waals surface area contributed by atoms with Gasteiger partial charge in [-0.1, -0.05) is 178 Å². The summed E-state index contributed by atoms with van der Waals surface area (Å²) in [7, 11) is 0. The lowest BCUT2D eigenvalue weighted by Gasteiger charge is -2.23. The zero-order valence-corrected chi connectivity index (χ0v) is 31.2. The van der Waals surface area contributed by atoms with Gasteiger partial charge in [-0.2, -0.15) is 0 Å². The lowest BCUT2D eigenvalue weighted by Crippen LogP contribution is -2.15. The summed E-state index contributed by atoms with van der Waals surface area (Å²) in [5, 5.41) is 12.3. The average Bonchev–Trinajstić information content (AvgIpc) is 3.74. The lowest BCUT2D eigenvalue weighted by atomic mass is 9.79. The van der Waals surface area contributed by atoms with Gasteiger partial charge in [-0.25, -0.2) is 0 Å².